The van der Waals surface area contributed by atoms with E-state index in [4.69, 9.17) is 11.6 Å². The molecule has 4 rings (SSSR count). The van der Waals surface area contributed by atoms with Crippen molar-refractivity contribution in [3.05, 3.63) is 65.2 Å². The van der Waals surface area contributed by atoms with Gasteiger partial charge in [0.05, 0.1) is 6.10 Å². The molecule has 0 amide bonds. The van der Waals surface area contributed by atoms with E-state index in [2.05, 4.69) is 62.1 Å². The van der Waals surface area contributed by atoms with Crippen LogP contribution in [0.4, 0.5) is 5.69 Å². The normalized spacial score (nSPS) is 20.4. The fourth-order valence-electron chi connectivity index (χ4n) is 4.50. The first-order valence-corrected chi connectivity index (χ1v) is 11.4. The molecule has 2 aliphatic rings. The predicted octanol–water partition coefficient (Wildman–Crippen LogP) is 2.64. The SMILES string of the molecule is OC(CN1CCN(Cc2cccc(Cl)c2)CC1)CN1CCN(c2ccccc2)CC1. The van der Waals surface area contributed by atoms with Crippen molar-refractivity contribution in [2.24, 2.45) is 0 Å². The number of hydrogen-bond donors (Lipinski definition) is 1. The van der Waals surface area contributed by atoms with E-state index in [0.29, 0.717) is 0 Å². The standard InChI is InChI=1S/C24H33ClN4O/c25-22-6-4-5-21(17-22)18-26-9-11-27(12-10-26)19-24(30)20-28-13-15-29(16-14-28)23-7-2-1-3-8-23/h1-8,17,24,30H,9-16,18-20H2. The Morgan fingerprint density at radius 3 is 1.97 bits per heavy atom. The van der Waals surface area contributed by atoms with Crippen LogP contribution in [0.1, 0.15) is 5.56 Å². The maximum atomic E-state index is 10.6. The summed E-state index contributed by atoms with van der Waals surface area (Å²) in [7, 11) is 0. The van der Waals surface area contributed by atoms with Crippen LogP contribution in [-0.4, -0.2) is 91.4 Å². The summed E-state index contributed by atoms with van der Waals surface area (Å²) in [5.74, 6) is 0. The number of para-hydroxylation sites is 1. The van der Waals surface area contributed by atoms with Crippen LogP contribution in [0.25, 0.3) is 0 Å². The highest BCUT2D eigenvalue weighted by Gasteiger charge is 2.23. The number of halogens is 1. The van der Waals surface area contributed by atoms with Crippen LogP contribution >= 0.6 is 11.6 Å². The van der Waals surface area contributed by atoms with Crippen molar-refractivity contribution in [1.82, 2.24) is 14.7 Å². The van der Waals surface area contributed by atoms with E-state index in [-0.39, 0.29) is 6.10 Å². The maximum Gasteiger partial charge on any atom is 0.0793 e. The summed E-state index contributed by atoms with van der Waals surface area (Å²) in [5.41, 5.74) is 2.57. The zero-order valence-corrected chi connectivity index (χ0v) is 18.4. The number of rotatable bonds is 7. The highest BCUT2D eigenvalue weighted by Crippen LogP contribution is 2.16. The lowest BCUT2D eigenvalue weighted by molar-refractivity contribution is 0.0477. The minimum absolute atomic E-state index is 0.284. The molecule has 30 heavy (non-hydrogen) atoms. The second kappa shape index (κ2) is 10.6. The fourth-order valence-corrected chi connectivity index (χ4v) is 4.72. The van der Waals surface area contributed by atoms with Gasteiger partial charge in [0.15, 0.2) is 0 Å². The molecule has 2 aliphatic heterocycles. The van der Waals surface area contributed by atoms with Crippen LogP contribution < -0.4 is 4.90 Å². The summed E-state index contributed by atoms with van der Waals surface area (Å²) in [6.45, 7) is 10.7. The molecule has 0 aliphatic carbocycles. The number of piperazine rings is 2. The first kappa shape index (κ1) is 21.6. The highest BCUT2D eigenvalue weighted by atomic mass is 35.5. The second-order valence-electron chi connectivity index (χ2n) is 8.48. The largest absolute Gasteiger partial charge is 0.390 e. The molecule has 2 fully saturated rings. The van der Waals surface area contributed by atoms with Gasteiger partial charge in [-0.2, -0.15) is 0 Å². The van der Waals surface area contributed by atoms with Gasteiger partial charge in [-0.15, -0.1) is 0 Å². The average molecular weight is 429 g/mol. The molecule has 2 saturated heterocycles. The Labute approximate surface area is 185 Å². The summed E-state index contributed by atoms with van der Waals surface area (Å²) in [5, 5.41) is 11.4. The van der Waals surface area contributed by atoms with Crippen molar-refractivity contribution in [2.45, 2.75) is 12.6 Å². The molecule has 1 N–H and O–H groups in total. The van der Waals surface area contributed by atoms with E-state index in [0.717, 1.165) is 77.0 Å². The minimum Gasteiger partial charge on any atom is -0.390 e. The van der Waals surface area contributed by atoms with Gasteiger partial charge in [-0.1, -0.05) is 41.9 Å². The van der Waals surface area contributed by atoms with Gasteiger partial charge in [0.25, 0.3) is 0 Å². The molecule has 6 heteroatoms. The first-order chi connectivity index (χ1) is 14.7. The number of aliphatic hydroxyl groups excluding tert-OH is 1. The molecule has 1 unspecified atom stereocenters. The third-order valence-corrected chi connectivity index (χ3v) is 6.43. The Bertz CT molecular complexity index is 774. The lowest BCUT2D eigenvalue weighted by Gasteiger charge is -2.39. The lowest BCUT2D eigenvalue weighted by atomic mass is 10.2. The third-order valence-electron chi connectivity index (χ3n) is 6.19. The van der Waals surface area contributed by atoms with Gasteiger partial charge in [-0.25, -0.2) is 0 Å². The Hall–Kier alpha value is -1.63. The topological polar surface area (TPSA) is 33.2 Å². The van der Waals surface area contributed by atoms with Gasteiger partial charge >= 0.3 is 0 Å². The lowest BCUT2D eigenvalue weighted by Crippen LogP contribution is -2.52. The molecule has 0 bridgehead atoms. The molecule has 0 aromatic heterocycles. The molecule has 162 valence electrons. The predicted molar refractivity (Wildman–Crippen MR) is 124 cm³/mol. The molecule has 2 aromatic rings. The molecule has 2 aromatic carbocycles. The minimum atomic E-state index is -0.284. The van der Waals surface area contributed by atoms with E-state index in [1.54, 1.807) is 0 Å². The molecule has 2 heterocycles. The Kier molecular flexibility index (Phi) is 7.63. The van der Waals surface area contributed by atoms with Gasteiger partial charge in [0.2, 0.25) is 0 Å². The van der Waals surface area contributed by atoms with Crippen LogP contribution in [0.5, 0.6) is 0 Å². The van der Waals surface area contributed by atoms with Crippen molar-refractivity contribution >= 4 is 17.3 Å². The smallest absolute Gasteiger partial charge is 0.0793 e. The monoisotopic (exact) mass is 428 g/mol. The Balaban J connectivity index is 1.15. The second-order valence-corrected chi connectivity index (χ2v) is 8.92. The number of hydrogen-bond acceptors (Lipinski definition) is 5. The number of aliphatic hydroxyl groups is 1. The summed E-state index contributed by atoms with van der Waals surface area (Å²) in [6, 6.07) is 18.7. The van der Waals surface area contributed by atoms with Crippen LogP contribution in [0.15, 0.2) is 54.6 Å². The molecule has 0 spiro atoms. The van der Waals surface area contributed by atoms with Gasteiger partial charge in [0.1, 0.15) is 0 Å². The summed E-state index contributed by atoms with van der Waals surface area (Å²) in [6.07, 6.45) is -0.284. The quantitative estimate of drug-likeness (QED) is 0.733. The van der Waals surface area contributed by atoms with Crippen LogP contribution in [0, 0.1) is 0 Å². The molecule has 1 atom stereocenters. The van der Waals surface area contributed by atoms with Gasteiger partial charge in [-0.05, 0) is 29.8 Å². The Morgan fingerprint density at radius 2 is 1.33 bits per heavy atom. The van der Waals surface area contributed by atoms with Crippen molar-refractivity contribution in [3.8, 4) is 0 Å². The Morgan fingerprint density at radius 1 is 0.733 bits per heavy atom. The van der Waals surface area contributed by atoms with Gasteiger partial charge in [-0.3, -0.25) is 14.7 Å². The number of β-amino-alcohol motifs (C(OH)–C–C–N with tert-alkyl or cyclic N) is 1. The van der Waals surface area contributed by atoms with Crippen molar-refractivity contribution in [2.75, 3.05) is 70.3 Å². The maximum absolute atomic E-state index is 10.6. The van der Waals surface area contributed by atoms with Crippen molar-refractivity contribution < 1.29 is 5.11 Å². The zero-order valence-electron chi connectivity index (χ0n) is 17.7. The zero-order chi connectivity index (χ0) is 20.8. The van der Waals surface area contributed by atoms with Gasteiger partial charge in [0, 0.05) is 82.7 Å². The molecule has 0 saturated carbocycles. The van der Waals surface area contributed by atoms with Crippen LogP contribution in [0.2, 0.25) is 5.02 Å². The summed E-state index contributed by atoms with van der Waals surface area (Å²) < 4.78 is 0. The number of anilines is 1. The molecule has 0 radical (unpaired) electrons. The molecular weight excluding hydrogens is 396 g/mol. The fraction of sp³-hybridized carbons (Fsp3) is 0.500. The number of benzene rings is 2. The highest BCUT2D eigenvalue weighted by molar-refractivity contribution is 6.30. The summed E-state index contributed by atoms with van der Waals surface area (Å²) >= 11 is 6.10. The summed E-state index contributed by atoms with van der Waals surface area (Å²) in [4.78, 5) is 9.71. The number of nitrogens with zero attached hydrogens (tertiary/aromatic N) is 4. The van der Waals surface area contributed by atoms with E-state index in [1.165, 1.54) is 11.3 Å². The van der Waals surface area contributed by atoms with Crippen LogP contribution in [-0.2, 0) is 6.54 Å². The molecular formula is C24H33ClN4O. The van der Waals surface area contributed by atoms with Gasteiger partial charge < -0.3 is 10.0 Å². The third kappa shape index (κ3) is 6.19. The van der Waals surface area contributed by atoms with Crippen molar-refractivity contribution in [1.29, 1.82) is 0 Å². The van der Waals surface area contributed by atoms with E-state index >= 15 is 0 Å². The van der Waals surface area contributed by atoms with E-state index < -0.39 is 0 Å². The first-order valence-electron chi connectivity index (χ1n) is 11.1. The van der Waals surface area contributed by atoms with E-state index in [1.807, 2.05) is 12.1 Å². The average Bonchev–Trinajstić information content (AvgIpc) is 2.76. The molecule has 5 nitrogen and oxygen atoms in total. The van der Waals surface area contributed by atoms with E-state index in [9.17, 15) is 5.11 Å². The van der Waals surface area contributed by atoms with Crippen LogP contribution in [0.3, 0.4) is 0 Å². The van der Waals surface area contributed by atoms with Crippen molar-refractivity contribution in [3.63, 3.8) is 0 Å².